The summed E-state index contributed by atoms with van der Waals surface area (Å²) in [6.07, 6.45) is 0.622. The predicted octanol–water partition coefficient (Wildman–Crippen LogP) is 2.51. The number of carboxylic acid groups (broad SMARTS) is 1. The molecule has 2 heterocycles. The fourth-order valence-electron chi connectivity index (χ4n) is 1.34. The molecule has 0 saturated heterocycles. The molecule has 0 bridgehead atoms. The van der Waals surface area contributed by atoms with E-state index in [9.17, 15) is 4.79 Å². The van der Waals surface area contributed by atoms with E-state index in [2.05, 4.69) is 9.97 Å². The summed E-state index contributed by atoms with van der Waals surface area (Å²) in [5.74, 6) is -0.963. The number of carbonyl (C=O) groups is 1. The highest BCUT2D eigenvalue weighted by Crippen LogP contribution is 2.21. The molecule has 0 aliphatic heterocycles. The third-order valence-corrected chi connectivity index (χ3v) is 3.95. The van der Waals surface area contributed by atoms with Crippen LogP contribution in [0, 0.1) is 13.8 Å². The van der Waals surface area contributed by atoms with Crippen molar-refractivity contribution in [2.24, 2.45) is 0 Å². The molecule has 2 rings (SSSR count). The Kier molecular flexibility index (Phi) is 3.02. The number of hydrogen-bond acceptors (Lipinski definition) is 5. The Morgan fingerprint density at radius 2 is 2.12 bits per heavy atom. The molecule has 0 radical (unpaired) electrons. The lowest BCUT2D eigenvalue weighted by atomic mass is 10.4. The maximum absolute atomic E-state index is 10.8. The minimum absolute atomic E-state index is 0.160. The van der Waals surface area contributed by atoms with Crippen LogP contribution in [0.4, 0.5) is 0 Å². The molecule has 2 aromatic heterocycles. The standard InChI is InChI=1S/C10H10N2O2S2/c1-5-4-15-7(11-5)3-8-12-9(10(13)14)6(2)16-8/h4H,3H2,1-2H3,(H,13,14). The van der Waals surface area contributed by atoms with Gasteiger partial charge in [-0.25, -0.2) is 14.8 Å². The lowest BCUT2D eigenvalue weighted by Gasteiger charge is -1.89. The first-order valence-electron chi connectivity index (χ1n) is 4.67. The van der Waals surface area contributed by atoms with Crippen molar-refractivity contribution >= 4 is 28.6 Å². The van der Waals surface area contributed by atoms with Crippen LogP contribution >= 0.6 is 22.7 Å². The van der Waals surface area contributed by atoms with E-state index in [1.807, 2.05) is 12.3 Å². The highest BCUT2D eigenvalue weighted by Gasteiger charge is 2.14. The average molecular weight is 254 g/mol. The van der Waals surface area contributed by atoms with Crippen LogP contribution in [0.5, 0.6) is 0 Å². The molecule has 0 spiro atoms. The summed E-state index contributed by atoms with van der Waals surface area (Å²) in [7, 11) is 0. The minimum Gasteiger partial charge on any atom is -0.476 e. The van der Waals surface area contributed by atoms with Crippen LogP contribution in [-0.2, 0) is 6.42 Å². The molecule has 0 aliphatic rings. The van der Waals surface area contributed by atoms with Crippen LogP contribution in [-0.4, -0.2) is 21.0 Å². The Labute approximate surface area is 101 Å². The highest BCUT2D eigenvalue weighted by atomic mass is 32.1. The summed E-state index contributed by atoms with van der Waals surface area (Å²) in [6.45, 7) is 3.72. The number of thiazole rings is 2. The van der Waals surface area contributed by atoms with Gasteiger partial charge in [-0.2, -0.15) is 0 Å². The maximum atomic E-state index is 10.8. The molecule has 0 amide bonds. The molecule has 84 valence electrons. The van der Waals surface area contributed by atoms with Gasteiger partial charge in [0.15, 0.2) is 5.69 Å². The lowest BCUT2D eigenvalue weighted by Crippen LogP contribution is -1.99. The van der Waals surface area contributed by atoms with Gasteiger partial charge in [-0.1, -0.05) is 0 Å². The van der Waals surface area contributed by atoms with E-state index < -0.39 is 5.97 Å². The van der Waals surface area contributed by atoms with Gasteiger partial charge in [0, 0.05) is 16.0 Å². The largest absolute Gasteiger partial charge is 0.476 e. The van der Waals surface area contributed by atoms with Gasteiger partial charge in [0.1, 0.15) is 5.01 Å². The van der Waals surface area contributed by atoms with Gasteiger partial charge < -0.3 is 5.11 Å². The summed E-state index contributed by atoms with van der Waals surface area (Å²) >= 11 is 3.00. The second kappa shape index (κ2) is 4.31. The zero-order valence-electron chi connectivity index (χ0n) is 8.85. The van der Waals surface area contributed by atoms with Crippen LogP contribution in [0.25, 0.3) is 0 Å². The van der Waals surface area contributed by atoms with E-state index in [-0.39, 0.29) is 5.69 Å². The van der Waals surface area contributed by atoms with E-state index in [0.29, 0.717) is 6.42 Å². The molecule has 0 unspecified atom stereocenters. The number of aryl methyl sites for hydroxylation is 2. The molecular weight excluding hydrogens is 244 g/mol. The van der Waals surface area contributed by atoms with Crippen molar-refractivity contribution in [1.82, 2.24) is 9.97 Å². The average Bonchev–Trinajstić information content (AvgIpc) is 2.73. The molecule has 0 fully saturated rings. The highest BCUT2D eigenvalue weighted by molar-refractivity contribution is 7.12. The van der Waals surface area contributed by atoms with Crippen molar-refractivity contribution in [2.45, 2.75) is 20.3 Å². The molecular formula is C10H10N2O2S2. The number of aromatic nitrogens is 2. The van der Waals surface area contributed by atoms with Gasteiger partial charge in [-0.15, -0.1) is 22.7 Å². The van der Waals surface area contributed by atoms with Crippen LogP contribution in [0.1, 0.15) is 31.1 Å². The molecule has 16 heavy (non-hydrogen) atoms. The predicted molar refractivity (Wildman–Crippen MR) is 63.5 cm³/mol. The summed E-state index contributed by atoms with van der Waals surface area (Å²) in [6, 6.07) is 0. The molecule has 0 aliphatic carbocycles. The fourth-order valence-corrected chi connectivity index (χ4v) is 3.13. The first kappa shape index (κ1) is 11.2. The molecule has 0 aromatic carbocycles. The zero-order valence-corrected chi connectivity index (χ0v) is 10.5. The smallest absolute Gasteiger partial charge is 0.355 e. The fraction of sp³-hybridized carbons (Fsp3) is 0.300. The van der Waals surface area contributed by atoms with Crippen LogP contribution < -0.4 is 0 Å². The Bertz CT molecular complexity index is 531. The maximum Gasteiger partial charge on any atom is 0.355 e. The van der Waals surface area contributed by atoms with E-state index in [4.69, 9.17) is 5.11 Å². The van der Waals surface area contributed by atoms with Crippen LogP contribution in [0.15, 0.2) is 5.38 Å². The number of rotatable bonds is 3. The lowest BCUT2D eigenvalue weighted by molar-refractivity contribution is 0.0690. The van der Waals surface area contributed by atoms with Crippen molar-refractivity contribution < 1.29 is 9.90 Å². The molecule has 2 aromatic rings. The first-order chi connectivity index (χ1) is 7.56. The number of hydrogen-bond donors (Lipinski definition) is 1. The Morgan fingerprint density at radius 1 is 1.38 bits per heavy atom. The summed E-state index contributed by atoms with van der Waals surface area (Å²) in [5.41, 5.74) is 1.15. The third kappa shape index (κ3) is 2.28. The van der Waals surface area contributed by atoms with Gasteiger partial charge in [0.25, 0.3) is 0 Å². The molecule has 1 N–H and O–H groups in total. The monoisotopic (exact) mass is 254 g/mol. The first-order valence-corrected chi connectivity index (χ1v) is 6.36. The molecule has 0 atom stereocenters. The van der Waals surface area contributed by atoms with Crippen molar-refractivity contribution in [2.75, 3.05) is 0 Å². The van der Waals surface area contributed by atoms with Gasteiger partial charge >= 0.3 is 5.97 Å². The van der Waals surface area contributed by atoms with Crippen molar-refractivity contribution in [3.05, 3.63) is 31.7 Å². The number of carboxylic acids is 1. The number of nitrogens with zero attached hydrogens (tertiary/aromatic N) is 2. The van der Waals surface area contributed by atoms with E-state index >= 15 is 0 Å². The second-order valence-corrected chi connectivity index (χ2v) is 5.61. The Morgan fingerprint density at radius 3 is 2.62 bits per heavy atom. The third-order valence-electron chi connectivity index (χ3n) is 2.01. The van der Waals surface area contributed by atoms with Gasteiger partial charge in [0.2, 0.25) is 0 Å². The van der Waals surface area contributed by atoms with Gasteiger partial charge in [-0.3, -0.25) is 0 Å². The quantitative estimate of drug-likeness (QED) is 0.914. The Balaban J connectivity index is 2.22. The topological polar surface area (TPSA) is 63.1 Å². The van der Waals surface area contributed by atoms with Gasteiger partial charge in [0.05, 0.1) is 11.4 Å². The summed E-state index contributed by atoms with van der Waals surface area (Å²) in [5, 5.41) is 12.6. The second-order valence-electron chi connectivity index (χ2n) is 3.38. The van der Waals surface area contributed by atoms with E-state index in [1.165, 1.54) is 11.3 Å². The summed E-state index contributed by atoms with van der Waals surface area (Å²) < 4.78 is 0. The van der Waals surface area contributed by atoms with Crippen molar-refractivity contribution in [1.29, 1.82) is 0 Å². The Hall–Kier alpha value is -1.27. The number of aromatic carboxylic acids is 1. The van der Waals surface area contributed by atoms with Crippen LogP contribution in [0.3, 0.4) is 0 Å². The molecule has 6 heteroatoms. The van der Waals surface area contributed by atoms with Crippen molar-refractivity contribution in [3.63, 3.8) is 0 Å². The van der Waals surface area contributed by atoms with Gasteiger partial charge in [-0.05, 0) is 13.8 Å². The SMILES string of the molecule is Cc1csc(Cc2nc(C(=O)O)c(C)s2)n1. The molecule has 0 saturated carbocycles. The van der Waals surface area contributed by atoms with E-state index in [1.54, 1.807) is 18.3 Å². The van der Waals surface area contributed by atoms with E-state index in [0.717, 1.165) is 20.6 Å². The van der Waals surface area contributed by atoms with Crippen LogP contribution in [0.2, 0.25) is 0 Å². The summed E-state index contributed by atoms with van der Waals surface area (Å²) in [4.78, 5) is 20.0. The van der Waals surface area contributed by atoms with Crippen molar-refractivity contribution in [3.8, 4) is 0 Å². The normalized spacial score (nSPS) is 10.6. The zero-order chi connectivity index (χ0) is 11.7. The molecule has 4 nitrogen and oxygen atoms in total. The minimum atomic E-state index is -0.963.